The van der Waals surface area contributed by atoms with Crippen LogP contribution in [0.5, 0.6) is 0 Å². The first-order valence-electron chi connectivity index (χ1n) is 6.44. The molecule has 1 aliphatic carbocycles. The number of aliphatic hydroxyl groups excluding tert-OH is 1. The Morgan fingerprint density at radius 2 is 2.00 bits per heavy atom. The van der Waals surface area contributed by atoms with E-state index in [1.54, 1.807) is 0 Å². The molecule has 0 spiro atoms. The molecule has 6 nitrogen and oxygen atoms in total. The molecule has 0 heterocycles. The van der Waals surface area contributed by atoms with Gasteiger partial charge in [0.15, 0.2) is 6.10 Å². The number of nitrogens with one attached hydrogen (secondary N) is 2. The third kappa shape index (κ3) is 5.35. The first-order chi connectivity index (χ1) is 8.49. The summed E-state index contributed by atoms with van der Waals surface area (Å²) in [5.74, 6) is -0.632. The van der Waals surface area contributed by atoms with Crippen molar-refractivity contribution in [2.75, 3.05) is 6.54 Å². The molecule has 0 aromatic rings. The Morgan fingerprint density at radius 3 is 2.67 bits per heavy atom. The SMILES string of the molecule is CC1CCCC(NC(=O)NC[C@H](O)C(=O)O)CC1. The number of hydrogen-bond donors (Lipinski definition) is 4. The molecule has 1 rings (SSSR count). The summed E-state index contributed by atoms with van der Waals surface area (Å²) in [6, 6.07) is -0.258. The third-order valence-electron chi connectivity index (χ3n) is 3.33. The summed E-state index contributed by atoms with van der Waals surface area (Å²) in [6.45, 7) is 1.94. The molecule has 0 bridgehead atoms. The van der Waals surface area contributed by atoms with Crippen LogP contribution in [0.1, 0.15) is 39.0 Å². The normalized spacial score (nSPS) is 25.9. The van der Waals surface area contributed by atoms with E-state index in [9.17, 15) is 9.59 Å². The molecule has 0 saturated heterocycles. The molecule has 1 fully saturated rings. The molecule has 0 radical (unpaired) electrons. The summed E-state index contributed by atoms with van der Waals surface area (Å²) in [7, 11) is 0. The Labute approximate surface area is 107 Å². The zero-order valence-corrected chi connectivity index (χ0v) is 10.7. The van der Waals surface area contributed by atoms with Crippen LogP contribution in [0.25, 0.3) is 0 Å². The van der Waals surface area contributed by atoms with Gasteiger partial charge >= 0.3 is 12.0 Å². The van der Waals surface area contributed by atoms with Gasteiger partial charge in [0.05, 0.1) is 6.54 Å². The molecule has 104 valence electrons. The number of carboxylic acids is 1. The summed E-state index contributed by atoms with van der Waals surface area (Å²) in [5, 5.41) is 22.7. The largest absolute Gasteiger partial charge is 0.479 e. The van der Waals surface area contributed by atoms with E-state index in [4.69, 9.17) is 10.2 Å². The first-order valence-corrected chi connectivity index (χ1v) is 6.44. The van der Waals surface area contributed by atoms with Crippen molar-refractivity contribution in [1.29, 1.82) is 0 Å². The van der Waals surface area contributed by atoms with Crippen LogP contribution < -0.4 is 10.6 Å². The van der Waals surface area contributed by atoms with Gasteiger partial charge in [-0.05, 0) is 25.2 Å². The van der Waals surface area contributed by atoms with E-state index in [1.165, 1.54) is 6.42 Å². The quantitative estimate of drug-likeness (QED) is 0.558. The lowest BCUT2D eigenvalue weighted by atomic mass is 10.0. The lowest BCUT2D eigenvalue weighted by Gasteiger charge is -2.17. The van der Waals surface area contributed by atoms with E-state index in [0.717, 1.165) is 25.7 Å². The highest BCUT2D eigenvalue weighted by molar-refractivity contribution is 5.76. The van der Waals surface area contributed by atoms with Crippen molar-refractivity contribution in [1.82, 2.24) is 10.6 Å². The second kappa shape index (κ2) is 7.20. The van der Waals surface area contributed by atoms with Crippen LogP contribution in [0.3, 0.4) is 0 Å². The topological polar surface area (TPSA) is 98.7 Å². The molecular formula is C12H22N2O4. The Kier molecular flexibility index (Phi) is 5.91. The molecule has 4 N–H and O–H groups in total. The Balaban J connectivity index is 2.25. The molecule has 0 aliphatic heterocycles. The van der Waals surface area contributed by atoms with E-state index in [1.807, 2.05) is 0 Å². The van der Waals surface area contributed by atoms with Crippen LogP contribution in [-0.4, -0.2) is 40.9 Å². The van der Waals surface area contributed by atoms with Crippen LogP contribution in [-0.2, 0) is 4.79 Å². The summed E-state index contributed by atoms with van der Waals surface area (Å²) >= 11 is 0. The van der Waals surface area contributed by atoms with Crippen molar-refractivity contribution in [3.05, 3.63) is 0 Å². The number of aliphatic carboxylic acids is 1. The molecule has 0 aromatic heterocycles. The number of carbonyl (C=O) groups is 2. The maximum atomic E-state index is 11.5. The predicted molar refractivity (Wildman–Crippen MR) is 66.2 cm³/mol. The van der Waals surface area contributed by atoms with Gasteiger partial charge in [-0.15, -0.1) is 0 Å². The van der Waals surface area contributed by atoms with Crippen LogP contribution >= 0.6 is 0 Å². The average molecular weight is 258 g/mol. The van der Waals surface area contributed by atoms with E-state index in [2.05, 4.69) is 17.6 Å². The summed E-state index contributed by atoms with van der Waals surface area (Å²) < 4.78 is 0. The lowest BCUT2D eigenvalue weighted by Crippen LogP contribution is -2.45. The van der Waals surface area contributed by atoms with E-state index in [-0.39, 0.29) is 12.6 Å². The standard InChI is InChI=1S/C12H22N2O4/c1-8-3-2-4-9(6-5-8)14-12(18)13-7-10(15)11(16)17/h8-10,15H,2-7H2,1H3,(H,16,17)(H2,13,14,18)/t8?,9?,10-/m0/s1. The third-order valence-corrected chi connectivity index (χ3v) is 3.33. The van der Waals surface area contributed by atoms with Gasteiger partial charge < -0.3 is 20.8 Å². The van der Waals surface area contributed by atoms with Gasteiger partial charge in [-0.2, -0.15) is 0 Å². The number of hydrogen-bond acceptors (Lipinski definition) is 3. The molecule has 2 amide bonds. The molecule has 3 atom stereocenters. The van der Waals surface area contributed by atoms with Gasteiger partial charge in [-0.25, -0.2) is 9.59 Å². The number of amides is 2. The number of carboxylic acid groups (broad SMARTS) is 1. The number of rotatable bonds is 4. The van der Waals surface area contributed by atoms with Crippen molar-refractivity contribution in [2.24, 2.45) is 5.92 Å². The van der Waals surface area contributed by atoms with Gasteiger partial charge in [-0.1, -0.05) is 19.8 Å². The fraction of sp³-hybridized carbons (Fsp3) is 0.833. The van der Waals surface area contributed by atoms with E-state index in [0.29, 0.717) is 5.92 Å². The molecule has 0 aromatic carbocycles. The van der Waals surface area contributed by atoms with Crippen molar-refractivity contribution >= 4 is 12.0 Å². The van der Waals surface area contributed by atoms with E-state index < -0.39 is 18.1 Å². The maximum absolute atomic E-state index is 11.5. The molecule has 1 saturated carbocycles. The second-order valence-corrected chi connectivity index (χ2v) is 5.02. The lowest BCUT2D eigenvalue weighted by molar-refractivity contribution is -0.146. The zero-order chi connectivity index (χ0) is 13.5. The van der Waals surface area contributed by atoms with E-state index >= 15 is 0 Å². The highest BCUT2D eigenvalue weighted by Crippen LogP contribution is 2.22. The highest BCUT2D eigenvalue weighted by Gasteiger charge is 2.19. The van der Waals surface area contributed by atoms with Gasteiger partial charge in [0.2, 0.25) is 0 Å². The van der Waals surface area contributed by atoms with Gasteiger partial charge in [0.25, 0.3) is 0 Å². The number of urea groups is 1. The minimum absolute atomic E-state index is 0.150. The fourth-order valence-corrected chi connectivity index (χ4v) is 2.14. The van der Waals surface area contributed by atoms with Crippen molar-refractivity contribution in [3.8, 4) is 0 Å². The average Bonchev–Trinajstić information content (AvgIpc) is 2.51. The summed E-state index contributed by atoms with van der Waals surface area (Å²) in [5.41, 5.74) is 0. The van der Waals surface area contributed by atoms with Crippen molar-refractivity contribution in [3.63, 3.8) is 0 Å². The van der Waals surface area contributed by atoms with Gasteiger partial charge in [0.1, 0.15) is 0 Å². The molecule has 18 heavy (non-hydrogen) atoms. The van der Waals surface area contributed by atoms with Gasteiger partial charge in [0, 0.05) is 6.04 Å². The Morgan fingerprint density at radius 1 is 1.28 bits per heavy atom. The zero-order valence-electron chi connectivity index (χ0n) is 10.7. The highest BCUT2D eigenvalue weighted by atomic mass is 16.4. The first kappa shape index (κ1) is 14.8. The minimum Gasteiger partial charge on any atom is -0.479 e. The smallest absolute Gasteiger partial charge is 0.334 e. The van der Waals surface area contributed by atoms with Crippen molar-refractivity contribution in [2.45, 2.75) is 51.2 Å². The molecular weight excluding hydrogens is 236 g/mol. The Hall–Kier alpha value is -1.30. The van der Waals surface area contributed by atoms with Crippen molar-refractivity contribution < 1.29 is 19.8 Å². The van der Waals surface area contributed by atoms with Crippen LogP contribution in [0, 0.1) is 5.92 Å². The summed E-state index contributed by atoms with van der Waals surface area (Å²) in [4.78, 5) is 21.9. The predicted octanol–water partition coefficient (Wildman–Crippen LogP) is 0.700. The summed E-state index contributed by atoms with van der Waals surface area (Å²) in [6.07, 6.45) is 3.75. The van der Waals surface area contributed by atoms with Crippen LogP contribution in [0.4, 0.5) is 4.79 Å². The molecule has 1 aliphatic rings. The molecule has 2 unspecified atom stereocenters. The fourth-order valence-electron chi connectivity index (χ4n) is 2.14. The van der Waals surface area contributed by atoms with Crippen LogP contribution in [0.15, 0.2) is 0 Å². The monoisotopic (exact) mass is 258 g/mol. The number of aliphatic hydroxyl groups is 1. The molecule has 6 heteroatoms. The minimum atomic E-state index is -1.55. The number of carbonyl (C=O) groups excluding carboxylic acids is 1. The van der Waals surface area contributed by atoms with Gasteiger partial charge in [-0.3, -0.25) is 0 Å². The maximum Gasteiger partial charge on any atom is 0.334 e. The van der Waals surface area contributed by atoms with Crippen LogP contribution in [0.2, 0.25) is 0 Å². The Bertz CT molecular complexity index is 296. The second-order valence-electron chi connectivity index (χ2n) is 5.02.